The number of fused-ring (bicyclic) bond motifs is 3. The van der Waals surface area contributed by atoms with Crippen LogP contribution in [0.1, 0.15) is 388 Å². The van der Waals surface area contributed by atoms with Gasteiger partial charge in [0.05, 0.1) is 13.2 Å². The van der Waals surface area contributed by atoms with E-state index in [0.717, 1.165) is 110 Å². The normalized spacial score (nSPS) is 21.9. The first-order chi connectivity index (χ1) is 45.0. The van der Waals surface area contributed by atoms with Crippen molar-refractivity contribution < 1.29 is 4.74 Å². The third kappa shape index (κ3) is 76.2. The van der Waals surface area contributed by atoms with Gasteiger partial charge in [-0.1, -0.05) is 280 Å². The minimum Gasteiger partial charge on any atom is -0.379 e. The fourth-order valence-electron chi connectivity index (χ4n) is 11.8. The molecular formula is C88H202N6O. The number of ether oxygens (including phenoxy) is 1. The highest BCUT2D eigenvalue weighted by Crippen LogP contribution is 2.55. The molecule has 0 aromatic carbocycles. The van der Waals surface area contributed by atoms with Crippen molar-refractivity contribution >= 4 is 0 Å². The van der Waals surface area contributed by atoms with Gasteiger partial charge >= 0.3 is 0 Å². The van der Waals surface area contributed by atoms with E-state index in [1.165, 1.54) is 141 Å². The molecule has 9 aliphatic rings. The molecule has 7 nitrogen and oxygen atoms in total. The van der Waals surface area contributed by atoms with Crippen LogP contribution >= 0.6 is 0 Å². The van der Waals surface area contributed by atoms with Crippen LogP contribution < -0.4 is 0 Å². The Bertz CT molecular complexity index is 1200. The van der Waals surface area contributed by atoms with E-state index in [1.54, 1.807) is 25.7 Å². The second-order valence-electron chi connectivity index (χ2n) is 30.5. The summed E-state index contributed by atoms with van der Waals surface area (Å²) in [6.45, 7) is 110. The Labute approximate surface area is 611 Å². The van der Waals surface area contributed by atoms with Crippen LogP contribution in [0.4, 0.5) is 0 Å². The van der Waals surface area contributed by atoms with Crippen molar-refractivity contribution in [1.29, 1.82) is 0 Å². The zero-order valence-corrected chi connectivity index (χ0v) is 75.7. The SMILES string of the molecule is C1CC2CCCC2C1.CC.CC.CC.CC.CC.CC.CC.CC.CC(C)C.CC(C)C.CC(C)C.CC(C)C.CC(C)C1C2CN(C(C)C)CC21.CC(C)N1CCCC1.CC(C)N1CCCCC1.CC(C)N1CCN2CCCC2C1.CC(C)N1CCOCC1.CCC(C)C. The number of rotatable bonds is 7. The Morgan fingerprint density at radius 1 is 0.284 bits per heavy atom. The monoisotopic (exact) mass is 1360 g/mol. The van der Waals surface area contributed by atoms with Gasteiger partial charge in [-0.2, -0.15) is 0 Å². The van der Waals surface area contributed by atoms with E-state index in [0.29, 0.717) is 6.04 Å². The van der Waals surface area contributed by atoms with E-state index in [2.05, 4.69) is 216 Å². The Morgan fingerprint density at radius 3 is 0.800 bits per heavy atom. The minimum atomic E-state index is 0.689. The van der Waals surface area contributed by atoms with Crippen LogP contribution in [0.5, 0.6) is 0 Å². The fourth-order valence-corrected chi connectivity index (χ4v) is 11.8. The lowest BCUT2D eigenvalue weighted by Crippen LogP contribution is -2.52. The second-order valence-corrected chi connectivity index (χ2v) is 30.5. The van der Waals surface area contributed by atoms with Crippen molar-refractivity contribution in [3.63, 3.8) is 0 Å². The molecule has 0 spiro atoms. The van der Waals surface area contributed by atoms with Gasteiger partial charge in [0.25, 0.3) is 0 Å². The molecule has 6 saturated heterocycles. The summed E-state index contributed by atoms with van der Waals surface area (Å²) in [6.07, 6.45) is 20.6. The molecule has 0 N–H and O–H groups in total. The molecule has 590 valence electrons. The molecular weight excluding hydrogens is 1160 g/mol. The molecule has 3 atom stereocenters. The summed E-state index contributed by atoms with van der Waals surface area (Å²) < 4.78 is 5.21. The topological polar surface area (TPSA) is 28.7 Å². The minimum absolute atomic E-state index is 0.689. The number of likely N-dealkylation sites (tertiary alicyclic amines) is 3. The van der Waals surface area contributed by atoms with Crippen molar-refractivity contribution in [3.8, 4) is 0 Å². The van der Waals surface area contributed by atoms with E-state index in [1.807, 2.05) is 111 Å². The fraction of sp³-hybridized carbons (Fsp3) is 1.00. The molecule has 6 heterocycles. The highest BCUT2D eigenvalue weighted by atomic mass is 16.5. The van der Waals surface area contributed by atoms with E-state index >= 15 is 0 Å². The van der Waals surface area contributed by atoms with Gasteiger partial charge in [-0.25, -0.2) is 0 Å². The average molecular weight is 1360 g/mol. The van der Waals surface area contributed by atoms with Gasteiger partial charge in [0.2, 0.25) is 0 Å². The first-order valence-corrected chi connectivity index (χ1v) is 43.0. The van der Waals surface area contributed by atoms with Gasteiger partial charge < -0.3 is 19.4 Å². The lowest BCUT2D eigenvalue weighted by Gasteiger charge is -2.39. The first kappa shape index (κ1) is 116. The van der Waals surface area contributed by atoms with Crippen molar-refractivity contribution in [2.45, 2.75) is 424 Å². The van der Waals surface area contributed by atoms with Crippen LogP contribution in [0.3, 0.4) is 0 Å². The van der Waals surface area contributed by atoms with E-state index in [4.69, 9.17) is 4.74 Å². The standard InChI is InChI=1S/C11H21N.C10H20N2.C8H17N.C8H14.C7H15NO.C7H15N.C5H12.4C4H10.8C2H6/c1-7(2)11-9-5-12(8(3)4)6-10(9)11;1-9(2)12-7-6-11-5-3-4-10(11)8-12;1-8(2)9-6-4-3-5-7-9;1-3-7-5-2-6-8(7)4-1;1-7(2)8-3-5-9-6-4-8;1-7(2)8-5-3-4-6-8;1-4-5(2)3;4*1-4(2)3;8*1-2/h7-11H,5-6H2,1-4H3;9-10H,3-8H2,1-2H3;8H,3-7H2,1-2H3;7-8H,1-6H2;7H,3-6H2,1-2H3;7H,3-6H2,1-2H3;5H,4H2,1-3H3;4*4H,1-3H3;8*1-2H3. The molecule has 6 aliphatic heterocycles. The predicted octanol–water partition coefficient (Wildman–Crippen LogP) is 27.0. The molecule has 3 saturated carbocycles. The first-order valence-electron chi connectivity index (χ1n) is 43.0. The number of morpholine rings is 1. The summed E-state index contributed by atoms with van der Waals surface area (Å²) in [7, 11) is 0. The summed E-state index contributed by atoms with van der Waals surface area (Å²) in [5.41, 5.74) is 0. The Morgan fingerprint density at radius 2 is 0.558 bits per heavy atom. The lowest BCUT2D eigenvalue weighted by molar-refractivity contribution is 0.0238. The Balaban J connectivity index is -0.000000104. The Hall–Kier alpha value is -0.280. The molecule has 9 fully saturated rings. The van der Waals surface area contributed by atoms with Crippen LogP contribution in [-0.2, 0) is 4.74 Å². The lowest BCUT2D eigenvalue weighted by atomic mass is 10.0. The molecule has 3 unspecified atom stereocenters. The molecule has 3 aliphatic carbocycles. The number of hydrogen-bond donors (Lipinski definition) is 0. The molecule has 0 bridgehead atoms. The van der Waals surface area contributed by atoms with Gasteiger partial charge in [-0.3, -0.25) is 14.7 Å². The van der Waals surface area contributed by atoms with Crippen molar-refractivity contribution in [3.05, 3.63) is 0 Å². The zero-order valence-electron chi connectivity index (χ0n) is 75.7. The molecule has 9 rings (SSSR count). The van der Waals surface area contributed by atoms with Crippen molar-refractivity contribution in [2.24, 2.45) is 65.1 Å². The highest BCUT2D eigenvalue weighted by molar-refractivity contribution is 5.06. The Kier molecular flexibility index (Phi) is 103. The summed E-state index contributed by atoms with van der Waals surface area (Å²) in [5.74, 6) is 10.7. The van der Waals surface area contributed by atoms with Crippen LogP contribution in [-0.4, -0.2) is 157 Å². The van der Waals surface area contributed by atoms with E-state index < -0.39 is 0 Å². The van der Waals surface area contributed by atoms with Gasteiger partial charge in [-0.15, -0.1) is 0 Å². The zero-order chi connectivity index (χ0) is 76.8. The third-order valence-electron chi connectivity index (χ3n) is 16.7. The van der Waals surface area contributed by atoms with Crippen molar-refractivity contribution in [2.75, 3.05) is 91.8 Å². The maximum Gasteiger partial charge on any atom is 0.0594 e. The van der Waals surface area contributed by atoms with Gasteiger partial charge in [0.1, 0.15) is 0 Å². The summed E-state index contributed by atoms with van der Waals surface area (Å²) in [4.78, 5) is 15.4. The summed E-state index contributed by atoms with van der Waals surface area (Å²) in [6, 6.07) is 4.64. The predicted molar refractivity (Wildman–Crippen MR) is 450 cm³/mol. The summed E-state index contributed by atoms with van der Waals surface area (Å²) in [5, 5.41) is 0. The number of hydrogen-bond acceptors (Lipinski definition) is 7. The van der Waals surface area contributed by atoms with E-state index in [9.17, 15) is 0 Å². The maximum atomic E-state index is 5.21. The largest absolute Gasteiger partial charge is 0.379 e. The van der Waals surface area contributed by atoms with Crippen LogP contribution in [0.2, 0.25) is 0 Å². The molecule has 0 amide bonds. The van der Waals surface area contributed by atoms with E-state index in [-0.39, 0.29) is 0 Å². The highest BCUT2D eigenvalue weighted by Gasteiger charge is 2.56. The molecule has 95 heavy (non-hydrogen) atoms. The van der Waals surface area contributed by atoms with Gasteiger partial charge in [-0.05, 0) is 206 Å². The third-order valence-corrected chi connectivity index (χ3v) is 16.7. The average Bonchev–Trinajstić information content (AvgIpc) is 1.58. The number of piperazine rings is 1. The van der Waals surface area contributed by atoms with Crippen LogP contribution in [0.15, 0.2) is 0 Å². The van der Waals surface area contributed by atoms with Gasteiger partial charge in [0.15, 0.2) is 0 Å². The van der Waals surface area contributed by atoms with Gasteiger partial charge in [0, 0.05) is 82.1 Å². The smallest absolute Gasteiger partial charge is 0.0594 e. The molecule has 0 radical (unpaired) electrons. The maximum absolute atomic E-state index is 5.21. The summed E-state index contributed by atoms with van der Waals surface area (Å²) >= 11 is 0. The number of piperidine rings is 2. The van der Waals surface area contributed by atoms with Crippen molar-refractivity contribution in [1.82, 2.24) is 29.4 Å². The molecule has 0 aromatic rings. The molecule has 7 heteroatoms. The quantitative estimate of drug-likeness (QED) is 0.251. The molecule has 0 aromatic heterocycles. The number of nitrogens with zero attached hydrogens (tertiary/aromatic N) is 6. The second kappa shape index (κ2) is 84.4. The van der Waals surface area contributed by atoms with Crippen LogP contribution in [0.25, 0.3) is 0 Å². The van der Waals surface area contributed by atoms with Crippen LogP contribution in [0, 0.1) is 65.1 Å².